The number of nitrogens with zero attached hydrogens (tertiary/aromatic N) is 3. The van der Waals surface area contributed by atoms with E-state index in [0.29, 0.717) is 17.0 Å². The van der Waals surface area contributed by atoms with Crippen LogP contribution >= 0.6 is 11.3 Å². The van der Waals surface area contributed by atoms with Crippen LogP contribution in [-0.2, 0) is 17.5 Å². The molecule has 2 amide bonds. The highest BCUT2D eigenvalue weighted by molar-refractivity contribution is 7.21. The first-order chi connectivity index (χ1) is 15.5. The Morgan fingerprint density at radius 2 is 1.88 bits per heavy atom. The second-order valence-electron chi connectivity index (χ2n) is 7.11. The highest BCUT2D eigenvalue weighted by atomic mass is 32.1. The van der Waals surface area contributed by atoms with E-state index < -0.39 is 29.5 Å². The van der Waals surface area contributed by atoms with Crippen LogP contribution in [-0.4, -0.2) is 26.6 Å². The molecule has 1 aromatic carbocycles. The minimum Gasteiger partial charge on any atom is -0.365 e. The number of rotatable bonds is 5. The molecule has 0 aliphatic heterocycles. The number of nitrogens with two attached hydrogens (primary N) is 1. The zero-order chi connectivity index (χ0) is 23.9. The zero-order valence-electron chi connectivity index (χ0n) is 16.9. The summed E-state index contributed by atoms with van der Waals surface area (Å²) in [4.78, 5) is 28.1. The van der Waals surface area contributed by atoms with E-state index in [1.54, 1.807) is 19.2 Å². The number of fused-ring (bicyclic) bond motifs is 1. The first-order valence-corrected chi connectivity index (χ1v) is 10.2. The van der Waals surface area contributed by atoms with Crippen LogP contribution < -0.4 is 11.1 Å². The Labute approximate surface area is 187 Å². The number of carbonyl (C=O) groups is 2. The van der Waals surface area contributed by atoms with Gasteiger partial charge in [0.25, 0.3) is 5.91 Å². The Morgan fingerprint density at radius 1 is 1.18 bits per heavy atom. The molecule has 0 saturated carbocycles. The van der Waals surface area contributed by atoms with Crippen molar-refractivity contribution in [1.82, 2.24) is 14.8 Å². The number of nitrogens with one attached hydrogen (secondary N) is 1. The van der Waals surface area contributed by atoms with Crippen molar-refractivity contribution in [2.75, 3.05) is 5.32 Å². The number of anilines is 1. The number of carbonyl (C=O) groups excluding carboxylic acids is 2. The third-order valence-corrected chi connectivity index (χ3v) is 5.77. The first kappa shape index (κ1) is 22.4. The zero-order valence-corrected chi connectivity index (χ0v) is 17.7. The molecule has 4 rings (SSSR count). The van der Waals surface area contributed by atoms with Gasteiger partial charge in [0.05, 0.1) is 11.4 Å². The van der Waals surface area contributed by atoms with Gasteiger partial charge >= 0.3 is 6.18 Å². The van der Waals surface area contributed by atoms with Crippen LogP contribution in [0.15, 0.2) is 42.6 Å². The number of aryl methyl sites for hydroxylation is 1. The summed E-state index contributed by atoms with van der Waals surface area (Å²) in [6.07, 6.45) is -3.20. The number of pyridine rings is 1. The number of amides is 2. The van der Waals surface area contributed by atoms with Crippen molar-refractivity contribution in [3.63, 3.8) is 0 Å². The van der Waals surface area contributed by atoms with E-state index in [-0.39, 0.29) is 38.5 Å². The molecule has 0 radical (unpaired) electrons. The molecule has 0 aliphatic carbocycles. The number of benzene rings is 1. The molecule has 170 valence electrons. The van der Waals surface area contributed by atoms with Crippen molar-refractivity contribution in [1.29, 1.82) is 0 Å². The van der Waals surface area contributed by atoms with E-state index >= 15 is 0 Å². The number of alkyl halides is 3. The minimum atomic E-state index is -4.78. The van der Waals surface area contributed by atoms with Gasteiger partial charge in [-0.25, -0.2) is 9.37 Å². The van der Waals surface area contributed by atoms with Gasteiger partial charge in [-0.15, -0.1) is 11.3 Å². The molecule has 33 heavy (non-hydrogen) atoms. The van der Waals surface area contributed by atoms with Gasteiger partial charge in [0.15, 0.2) is 0 Å². The largest absolute Gasteiger partial charge is 0.433 e. The van der Waals surface area contributed by atoms with Gasteiger partial charge in [-0.05, 0) is 42.3 Å². The quantitative estimate of drug-likeness (QED) is 0.417. The van der Waals surface area contributed by atoms with Gasteiger partial charge in [-0.2, -0.15) is 18.3 Å². The summed E-state index contributed by atoms with van der Waals surface area (Å²) in [7, 11) is 0. The van der Waals surface area contributed by atoms with Crippen LogP contribution in [0, 0.1) is 12.7 Å². The Balaban J connectivity index is 1.90. The molecular weight excluding hydrogens is 462 g/mol. The molecule has 0 spiro atoms. The maximum absolute atomic E-state index is 13.5. The minimum absolute atomic E-state index is 0.0151. The molecule has 0 unspecified atom stereocenters. The fourth-order valence-corrected chi connectivity index (χ4v) is 4.28. The molecule has 4 aromatic rings. The van der Waals surface area contributed by atoms with Crippen LogP contribution in [0.1, 0.15) is 21.1 Å². The number of hydrogen-bond donors (Lipinski definition) is 2. The lowest BCUT2D eigenvalue weighted by Gasteiger charge is -2.12. The molecule has 3 N–H and O–H groups in total. The predicted molar refractivity (Wildman–Crippen MR) is 114 cm³/mol. The highest BCUT2D eigenvalue weighted by Gasteiger charge is 2.35. The van der Waals surface area contributed by atoms with E-state index in [2.05, 4.69) is 15.4 Å². The van der Waals surface area contributed by atoms with Crippen molar-refractivity contribution in [2.24, 2.45) is 5.73 Å². The van der Waals surface area contributed by atoms with E-state index in [4.69, 9.17) is 5.73 Å². The molecule has 0 atom stereocenters. The van der Waals surface area contributed by atoms with Crippen LogP contribution in [0.3, 0.4) is 0 Å². The van der Waals surface area contributed by atoms with Gasteiger partial charge < -0.3 is 11.1 Å². The highest BCUT2D eigenvalue weighted by Crippen LogP contribution is 2.43. The van der Waals surface area contributed by atoms with Crippen LogP contribution in [0.4, 0.5) is 23.2 Å². The third kappa shape index (κ3) is 4.55. The Hall–Kier alpha value is -3.80. The van der Waals surface area contributed by atoms with E-state index in [1.807, 2.05) is 0 Å². The molecule has 12 heteroatoms. The smallest absolute Gasteiger partial charge is 0.365 e. The Kier molecular flexibility index (Phi) is 5.62. The lowest BCUT2D eigenvalue weighted by atomic mass is 10.0. The number of halogens is 4. The van der Waals surface area contributed by atoms with Crippen LogP contribution in [0.2, 0.25) is 0 Å². The second-order valence-corrected chi connectivity index (χ2v) is 8.11. The summed E-state index contributed by atoms with van der Waals surface area (Å²) in [6.45, 7) is 1.54. The van der Waals surface area contributed by atoms with Crippen molar-refractivity contribution < 1.29 is 27.2 Å². The fraction of sp³-hybridized carbons (Fsp3) is 0.143. The van der Waals surface area contributed by atoms with Gasteiger partial charge in [0.1, 0.15) is 27.8 Å². The van der Waals surface area contributed by atoms with Crippen molar-refractivity contribution in [3.8, 4) is 11.1 Å². The molecule has 3 heterocycles. The molecular formula is C21H15F4N5O2S. The summed E-state index contributed by atoms with van der Waals surface area (Å²) in [5, 5.41) is 6.77. The van der Waals surface area contributed by atoms with Crippen molar-refractivity contribution in [2.45, 2.75) is 19.6 Å². The van der Waals surface area contributed by atoms with Crippen molar-refractivity contribution >= 4 is 39.1 Å². The van der Waals surface area contributed by atoms with E-state index in [1.165, 1.54) is 16.8 Å². The molecule has 0 bridgehead atoms. The lowest BCUT2D eigenvalue weighted by Crippen LogP contribution is -2.21. The maximum atomic E-state index is 13.5. The summed E-state index contributed by atoms with van der Waals surface area (Å²) in [6, 6.07) is 7.26. The van der Waals surface area contributed by atoms with Gasteiger partial charge in [-0.1, -0.05) is 12.1 Å². The van der Waals surface area contributed by atoms with Crippen LogP contribution in [0.25, 0.3) is 21.3 Å². The summed E-state index contributed by atoms with van der Waals surface area (Å²) in [5.74, 6) is -2.10. The van der Waals surface area contributed by atoms with Crippen LogP contribution in [0.5, 0.6) is 0 Å². The average molecular weight is 477 g/mol. The summed E-state index contributed by atoms with van der Waals surface area (Å²) >= 11 is 0.630. The molecule has 3 aromatic heterocycles. The maximum Gasteiger partial charge on any atom is 0.433 e. The standard InChI is InChI=1S/C21H15F4N5O2S/c1-10-6-7-30(29-10)9-15(31)28-17-16-13(11-2-4-12(22)5-3-11)8-14(21(23,24)25)27-20(16)33-18(17)19(26)32/h2-8H,9H2,1H3,(H2,26,32)(H,28,31). The number of hydrogen-bond acceptors (Lipinski definition) is 5. The number of primary amides is 1. The molecule has 7 nitrogen and oxygen atoms in total. The molecule has 0 fully saturated rings. The molecule has 0 aliphatic rings. The van der Waals surface area contributed by atoms with Gasteiger partial charge in [0, 0.05) is 11.6 Å². The predicted octanol–water partition coefficient (Wildman–Crippen LogP) is 4.36. The summed E-state index contributed by atoms with van der Waals surface area (Å²) < 4.78 is 55.3. The summed E-state index contributed by atoms with van der Waals surface area (Å²) in [5.41, 5.74) is 5.13. The fourth-order valence-electron chi connectivity index (χ4n) is 3.27. The van der Waals surface area contributed by atoms with Crippen molar-refractivity contribution in [3.05, 3.63) is 64.7 Å². The van der Waals surface area contributed by atoms with Gasteiger partial charge in [0.2, 0.25) is 5.91 Å². The topological polar surface area (TPSA) is 103 Å². The van der Waals surface area contributed by atoms with E-state index in [9.17, 15) is 27.2 Å². The third-order valence-electron chi connectivity index (χ3n) is 4.68. The second kappa shape index (κ2) is 8.28. The number of thiophene rings is 1. The molecule has 0 saturated heterocycles. The first-order valence-electron chi connectivity index (χ1n) is 9.43. The Morgan fingerprint density at radius 3 is 2.45 bits per heavy atom. The normalized spacial score (nSPS) is 11.7. The van der Waals surface area contributed by atoms with E-state index in [0.717, 1.165) is 18.2 Å². The van der Waals surface area contributed by atoms with Gasteiger partial charge in [-0.3, -0.25) is 14.3 Å². The number of aromatic nitrogens is 3. The average Bonchev–Trinajstić information content (AvgIpc) is 3.30. The monoisotopic (exact) mass is 477 g/mol. The SMILES string of the molecule is Cc1ccn(CC(=O)Nc2c(C(N)=O)sc3nc(C(F)(F)F)cc(-c4ccc(F)cc4)c23)n1. The Bertz CT molecular complexity index is 1380. The lowest BCUT2D eigenvalue weighted by molar-refractivity contribution is -0.140.